The quantitative estimate of drug-likeness (QED) is 0.604. The van der Waals surface area contributed by atoms with Gasteiger partial charge in [0.1, 0.15) is 0 Å². The first-order valence-electron chi connectivity index (χ1n) is 5.92. The zero-order valence-corrected chi connectivity index (χ0v) is 11.5. The smallest absolute Gasteiger partial charge is 0.167 e. The van der Waals surface area contributed by atoms with Crippen molar-refractivity contribution in [3.63, 3.8) is 0 Å². The molecule has 0 atom stereocenters. The van der Waals surface area contributed by atoms with Gasteiger partial charge in [-0.3, -0.25) is 4.79 Å². The van der Waals surface area contributed by atoms with Crippen LogP contribution in [0.2, 0.25) is 0 Å². The molecule has 0 saturated heterocycles. The number of hydrogen-bond acceptors (Lipinski definition) is 2. The molecule has 92 valence electrons. The summed E-state index contributed by atoms with van der Waals surface area (Å²) in [4.78, 5) is 13.3. The summed E-state index contributed by atoms with van der Waals surface area (Å²) in [5, 5.41) is 0. The first-order valence-corrected chi connectivity index (χ1v) is 7.15. The van der Waals surface area contributed by atoms with Crippen molar-refractivity contribution >= 4 is 17.5 Å². The third kappa shape index (κ3) is 3.02. The van der Waals surface area contributed by atoms with Gasteiger partial charge in [0.2, 0.25) is 0 Å². The second-order valence-electron chi connectivity index (χ2n) is 4.25. The van der Waals surface area contributed by atoms with E-state index in [9.17, 15) is 4.79 Å². The highest BCUT2D eigenvalue weighted by Crippen LogP contribution is 2.17. The summed E-state index contributed by atoms with van der Waals surface area (Å²) < 4.78 is 0. The van der Waals surface area contributed by atoms with Crippen LogP contribution in [0, 0.1) is 6.92 Å². The van der Waals surface area contributed by atoms with E-state index >= 15 is 0 Å². The molecule has 2 rings (SSSR count). The molecule has 0 aliphatic carbocycles. The molecule has 18 heavy (non-hydrogen) atoms. The minimum Gasteiger partial charge on any atom is -0.294 e. The highest BCUT2D eigenvalue weighted by Gasteiger charge is 2.08. The first kappa shape index (κ1) is 12.9. The van der Waals surface area contributed by atoms with Crippen molar-refractivity contribution in [2.45, 2.75) is 18.2 Å². The van der Waals surface area contributed by atoms with Crippen molar-refractivity contribution in [3.05, 3.63) is 65.2 Å². The van der Waals surface area contributed by atoms with Crippen LogP contribution >= 0.6 is 11.8 Å². The molecular formula is C16H16OS. The fraction of sp³-hybridized carbons (Fsp3) is 0.188. The lowest BCUT2D eigenvalue weighted by atomic mass is 10.00. The molecule has 0 aromatic heterocycles. The number of aryl methyl sites for hydroxylation is 1. The lowest BCUT2D eigenvalue weighted by molar-refractivity contribution is 0.0992. The van der Waals surface area contributed by atoms with Gasteiger partial charge in [-0.05, 0) is 36.4 Å². The van der Waals surface area contributed by atoms with Crippen molar-refractivity contribution in [1.29, 1.82) is 0 Å². The summed E-state index contributed by atoms with van der Waals surface area (Å²) in [7, 11) is 0. The van der Waals surface area contributed by atoms with E-state index in [-0.39, 0.29) is 5.78 Å². The highest BCUT2D eigenvalue weighted by molar-refractivity contribution is 7.98. The van der Waals surface area contributed by atoms with Gasteiger partial charge in [-0.15, -0.1) is 11.8 Å². The molecule has 1 nitrogen and oxygen atoms in total. The molecule has 0 spiro atoms. The van der Waals surface area contributed by atoms with Crippen LogP contribution in [0.15, 0.2) is 53.4 Å². The molecule has 0 N–H and O–H groups in total. The van der Waals surface area contributed by atoms with E-state index in [0.29, 0.717) is 6.42 Å². The normalized spacial score (nSPS) is 10.3. The van der Waals surface area contributed by atoms with Crippen molar-refractivity contribution in [2.24, 2.45) is 0 Å². The summed E-state index contributed by atoms with van der Waals surface area (Å²) in [6.07, 6.45) is 2.51. The van der Waals surface area contributed by atoms with Crippen LogP contribution in [-0.2, 0) is 6.42 Å². The summed E-state index contributed by atoms with van der Waals surface area (Å²) in [6, 6.07) is 15.8. The Kier molecular flexibility index (Phi) is 4.21. The topological polar surface area (TPSA) is 17.1 Å². The monoisotopic (exact) mass is 256 g/mol. The number of benzene rings is 2. The van der Waals surface area contributed by atoms with Gasteiger partial charge in [-0.1, -0.05) is 36.4 Å². The van der Waals surface area contributed by atoms with E-state index < -0.39 is 0 Å². The molecule has 0 aliphatic heterocycles. The van der Waals surface area contributed by atoms with E-state index in [0.717, 1.165) is 11.1 Å². The molecule has 0 amide bonds. The molecule has 2 heteroatoms. The van der Waals surface area contributed by atoms with Crippen LogP contribution in [-0.4, -0.2) is 12.0 Å². The molecule has 0 saturated carbocycles. The zero-order chi connectivity index (χ0) is 13.0. The number of thioether (sulfide) groups is 1. The average Bonchev–Trinajstić information content (AvgIpc) is 2.41. The predicted molar refractivity (Wildman–Crippen MR) is 77.4 cm³/mol. The average molecular weight is 256 g/mol. The Balaban J connectivity index is 2.14. The van der Waals surface area contributed by atoms with Gasteiger partial charge in [0.05, 0.1) is 0 Å². The molecule has 0 unspecified atom stereocenters. The minimum absolute atomic E-state index is 0.178. The van der Waals surface area contributed by atoms with Gasteiger partial charge in [0, 0.05) is 16.9 Å². The van der Waals surface area contributed by atoms with Crippen molar-refractivity contribution in [2.75, 3.05) is 6.26 Å². The maximum atomic E-state index is 12.2. The summed E-state index contributed by atoms with van der Waals surface area (Å²) in [6.45, 7) is 2.04. The standard InChI is InChI=1S/C16H16OS/c1-12-5-3-4-6-14(12)11-16(17)13-7-9-15(18-2)10-8-13/h3-10H,11H2,1-2H3. The molecule has 2 aromatic carbocycles. The Hall–Kier alpha value is -1.54. The van der Waals surface area contributed by atoms with E-state index in [1.807, 2.05) is 61.7 Å². The van der Waals surface area contributed by atoms with Crippen molar-refractivity contribution < 1.29 is 4.79 Å². The van der Waals surface area contributed by atoms with Crippen LogP contribution in [0.3, 0.4) is 0 Å². The lowest BCUT2D eigenvalue weighted by Gasteiger charge is -2.05. The molecule has 0 bridgehead atoms. The number of Topliss-reactive ketones (excluding diaryl/α,β-unsaturated/α-hetero) is 1. The van der Waals surface area contributed by atoms with Gasteiger partial charge in [-0.25, -0.2) is 0 Å². The second kappa shape index (κ2) is 5.87. The fourth-order valence-corrected chi connectivity index (χ4v) is 2.27. The van der Waals surface area contributed by atoms with Crippen molar-refractivity contribution in [1.82, 2.24) is 0 Å². The number of ketones is 1. The first-order chi connectivity index (χ1) is 8.70. The summed E-state index contributed by atoms with van der Waals surface area (Å²) >= 11 is 1.68. The van der Waals surface area contributed by atoms with E-state index in [2.05, 4.69) is 0 Å². The summed E-state index contributed by atoms with van der Waals surface area (Å²) in [5.74, 6) is 0.178. The van der Waals surface area contributed by atoms with Crippen LogP contribution in [0.4, 0.5) is 0 Å². The van der Waals surface area contributed by atoms with Gasteiger partial charge in [-0.2, -0.15) is 0 Å². The maximum absolute atomic E-state index is 12.2. The summed E-state index contributed by atoms with van der Waals surface area (Å²) in [5.41, 5.74) is 3.07. The second-order valence-corrected chi connectivity index (χ2v) is 5.13. The van der Waals surface area contributed by atoms with Crippen LogP contribution in [0.5, 0.6) is 0 Å². The number of rotatable bonds is 4. The number of hydrogen-bond donors (Lipinski definition) is 0. The molecule has 0 fully saturated rings. The van der Waals surface area contributed by atoms with Gasteiger partial charge < -0.3 is 0 Å². The van der Waals surface area contributed by atoms with Gasteiger partial charge in [0.25, 0.3) is 0 Å². The minimum atomic E-state index is 0.178. The Morgan fingerprint density at radius 1 is 1.06 bits per heavy atom. The Morgan fingerprint density at radius 3 is 2.33 bits per heavy atom. The van der Waals surface area contributed by atoms with Crippen LogP contribution in [0.25, 0.3) is 0 Å². The largest absolute Gasteiger partial charge is 0.294 e. The Morgan fingerprint density at radius 2 is 1.72 bits per heavy atom. The SMILES string of the molecule is CSc1ccc(C(=O)Cc2ccccc2C)cc1. The van der Waals surface area contributed by atoms with Crippen molar-refractivity contribution in [3.8, 4) is 0 Å². The van der Waals surface area contributed by atoms with Crippen LogP contribution < -0.4 is 0 Å². The van der Waals surface area contributed by atoms with Gasteiger partial charge >= 0.3 is 0 Å². The maximum Gasteiger partial charge on any atom is 0.167 e. The number of carbonyl (C=O) groups excluding carboxylic acids is 1. The molecular weight excluding hydrogens is 240 g/mol. The highest BCUT2D eigenvalue weighted by atomic mass is 32.2. The lowest BCUT2D eigenvalue weighted by Crippen LogP contribution is -2.04. The zero-order valence-electron chi connectivity index (χ0n) is 10.6. The Labute approximate surface area is 112 Å². The molecule has 0 heterocycles. The molecule has 0 aliphatic rings. The molecule has 0 radical (unpaired) electrons. The van der Waals surface area contributed by atoms with E-state index in [1.165, 1.54) is 10.5 Å². The van der Waals surface area contributed by atoms with E-state index in [4.69, 9.17) is 0 Å². The predicted octanol–water partition coefficient (Wildman–Crippen LogP) is 4.14. The fourth-order valence-electron chi connectivity index (χ4n) is 1.86. The van der Waals surface area contributed by atoms with E-state index in [1.54, 1.807) is 11.8 Å². The van der Waals surface area contributed by atoms with Gasteiger partial charge in [0.15, 0.2) is 5.78 Å². The Bertz CT molecular complexity index is 543. The third-order valence-electron chi connectivity index (χ3n) is 3.02. The number of carbonyl (C=O) groups is 1. The third-order valence-corrected chi connectivity index (χ3v) is 3.77. The van der Waals surface area contributed by atoms with Crippen LogP contribution in [0.1, 0.15) is 21.5 Å². The molecule has 2 aromatic rings.